The first kappa shape index (κ1) is 21.1. The Labute approximate surface area is 175 Å². The molecule has 158 valence electrons. The summed E-state index contributed by atoms with van der Waals surface area (Å²) in [6.45, 7) is 4.76. The highest BCUT2D eigenvalue weighted by Gasteiger charge is 2.11. The van der Waals surface area contributed by atoms with Crippen molar-refractivity contribution in [2.75, 3.05) is 26.1 Å². The van der Waals surface area contributed by atoms with Crippen LogP contribution in [0.4, 0.5) is 5.69 Å². The normalized spacial score (nSPS) is 10.7. The minimum absolute atomic E-state index is 0.0812. The van der Waals surface area contributed by atoms with Gasteiger partial charge in [-0.2, -0.15) is 4.80 Å². The molecule has 0 aliphatic rings. The maximum Gasteiger partial charge on any atom is 0.248 e. The molecule has 1 heterocycles. The topological polar surface area (TPSA) is 100 Å². The highest BCUT2D eigenvalue weighted by molar-refractivity contribution is 5.90. The average molecular weight is 411 g/mol. The van der Waals surface area contributed by atoms with E-state index in [1.807, 2.05) is 24.3 Å². The lowest BCUT2D eigenvalue weighted by atomic mass is 10.2. The number of benzene rings is 2. The van der Waals surface area contributed by atoms with E-state index in [9.17, 15) is 4.79 Å². The summed E-state index contributed by atoms with van der Waals surface area (Å²) in [5.41, 5.74) is 1.34. The highest BCUT2D eigenvalue weighted by atomic mass is 16.5. The van der Waals surface area contributed by atoms with Crippen LogP contribution in [-0.2, 0) is 11.3 Å². The number of ether oxygens (including phenoxy) is 3. The number of nitrogens with one attached hydrogen (secondary N) is 1. The van der Waals surface area contributed by atoms with Crippen molar-refractivity contribution >= 4 is 11.6 Å². The third-order valence-electron chi connectivity index (χ3n) is 4.07. The Bertz CT molecular complexity index is 963. The van der Waals surface area contributed by atoms with E-state index in [1.165, 1.54) is 4.80 Å². The molecule has 9 nitrogen and oxygen atoms in total. The number of methoxy groups -OCH3 is 2. The SMILES string of the molecule is COc1cc(NC(=O)Cn2nnc(-c3ccc(OCC(C)C)cc3)n2)cc(OC)c1. The number of anilines is 1. The van der Waals surface area contributed by atoms with Crippen LogP contribution >= 0.6 is 0 Å². The van der Waals surface area contributed by atoms with Crippen molar-refractivity contribution in [1.29, 1.82) is 0 Å². The second-order valence-corrected chi connectivity index (χ2v) is 7.02. The smallest absolute Gasteiger partial charge is 0.248 e. The third-order valence-corrected chi connectivity index (χ3v) is 4.07. The van der Waals surface area contributed by atoms with Gasteiger partial charge in [0, 0.05) is 29.4 Å². The predicted molar refractivity (Wildman–Crippen MR) is 112 cm³/mol. The number of tetrazole rings is 1. The van der Waals surface area contributed by atoms with Crippen LogP contribution < -0.4 is 19.5 Å². The summed E-state index contributed by atoms with van der Waals surface area (Å²) in [5.74, 6) is 2.52. The van der Waals surface area contributed by atoms with E-state index in [0.29, 0.717) is 35.5 Å². The highest BCUT2D eigenvalue weighted by Crippen LogP contribution is 2.25. The minimum Gasteiger partial charge on any atom is -0.497 e. The summed E-state index contributed by atoms with van der Waals surface area (Å²) < 4.78 is 16.1. The molecule has 3 aromatic rings. The molecule has 30 heavy (non-hydrogen) atoms. The van der Waals surface area contributed by atoms with Crippen LogP contribution in [0.5, 0.6) is 17.2 Å². The summed E-state index contributed by atoms with van der Waals surface area (Å²) in [7, 11) is 3.09. The van der Waals surface area contributed by atoms with Gasteiger partial charge in [-0.1, -0.05) is 13.8 Å². The van der Waals surface area contributed by atoms with E-state index >= 15 is 0 Å². The van der Waals surface area contributed by atoms with Crippen LogP contribution in [0.1, 0.15) is 13.8 Å². The molecular weight excluding hydrogens is 386 g/mol. The second kappa shape index (κ2) is 9.73. The maximum atomic E-state index is 12.4. The molecule has 2 aromatic carbocycles. The fourth-order valence-electron chi connectivity index (χ4n) is 2.60. The summed E-state index contributed by atoms with van der Waals surface area (Å²) in [6.07, 6.45) is 0. The largest absolute Gasteiger partial charge is 0.497 e. The molecule has 0 aliphatic carbocycles. The fraction of sp³-hybridized carbons (Fsp3) is 0.333. The van der Waals surface area contributed by atoms with E-state index in [0.717, 1.165) is 11.3 Å². The first-order valence-corrected chi connectivity index (χ1v) is 9.51. The molecule has 0 bridgehead atoms. The van der Waals surface area contributed by atoms with Gasteiger partial charge >= 0.3 is 0 Å². The Kier molecular flexibility index (Phi) is 6.84. The van der Waals surface area contributed by atoms with Crippen LogP contribution in [-0.4, -0.2) is 46.9 Å². The van der Waals surface area contributed by atoms with Crippen molar-refractivity contribution in [3.8, 4) is 28.6 Å². The number of hydrogen-bond acceptors (Lipinski definition) is 7. The molecule has 0 saturated carbocycles. The zero-order valence-corrected chi connectivity index (χ0v) is 17.5. The Morgan fingerprint density at radius 3 is 2.30 bits per heavy atom. The Morgan fingerprint density at radius 1 is 1.03 bits per heavy atom. The number of amides is 1. The summed E-state index contributed by atoms with van der Waals surface area (Å²) in [4.78, 5) is 13.6. The Balaban J connectivity index is 1.62. The van der Waals surface area contributed by atoms with Crippen LogP contribution in [0, 0.1) is 5.92 Å². The quantitative estimate of drug-likeness (QED) is 0.578. The number of rotatable bonds is 9. The van der Waals surface area contributed by atoms with E-state index in [-0.39, 0.29) is 12.5 Å². The van der Waals surface area contributed by atoms with Crippen molar-refractivity contribution in [1.82, 2.24) is 20.2 Å². The van der Waals surface area contributed by atoms with Gasteiger partial charge in [-0.15, -0.1) is 10.2 Å². The second-order valence-electron chi connectivity index (χ2n) is 7.02. The van der Waals surface area contributed by atoms with Crippen molar-refractivity contribution in [3.05, 3.63) is 42.5 Å². The van der Waals surface area contributed by atoms with E-state index in [1.54, 1.807) is 32.4 Å². The van der Waals surface area contributed by atoms with E-state index in [4.69, 9.17) is 14.2 Å². The van der Waals surface area contributed by atoms with Gasteiger partial charge in [-0.25, -0.2) is 0 Å². The zero-order valence-electron chi connectivity index (χ0n) is 17.5. The third kappa shape index (κ3) is 5.69. The number of hydrogen-bond donors (Lipinski definition) is 1. The van der Waals surface area contributed by atoms with E-state index < -0.39 is 0 Å². The van der Waals surface area contributed by atoms with E-state index in [2.05, 4.69) is 34.6 Å². The molecule has 1 amide bonds. The lowest BCUT2D eigenvalue weighted by Gasteiger charge is -2.09. The molecular formula is C21H25N5O4. The van der Waals surface area contributed by atoms with Crippen molar-refractivity contribution < 1.29 is 19.0 Å². The van der Waals surface area contributed by atoms with Crippen LogP contribution in [0.3, 0.4) is 0 Å². The van der Waals surface area contributed by atoms with Gasteiger partial charge in [-0.05, 0) is 35.4 Å². The van der Waals surface area contributed by atoms with Gasteiger partial charge < -0.3 is 19.5 Å². The molecule has 0 spiro atoms. The zero-order chi connectivity index (χ0) is 21.5. The van der Waals surface area contributed by atoms with Gasteiger partial charge in [0.25, 0.3) is 0 Å². The molecule has 0 unspecified atom stereocenters. The lowest BCUT2D eigenvalue weighted by molar-refractivity contribution is -0.117. The molecule has 9 heteroatoms. The Morgan fingerprint density at radius 2 is 1.70 bits per heavy atom. The number of aromatic nitrogens is 4. The standard InChI is InChI=1S/C21H25N5O4/c1-14(2)13-30-17-7-5-15(6-8-17)21-23-25-26(24-21)12-20(27)22-16-9-18(28-3)11-19(10-16)29-4/h5-11,14H,12-13H2,1-4H3,(H,22,27). The van der Waals surface area contributed by atoms with Gasteiger partial charge in [0.2, 0.25) is 11.7 Å². The molecule has 1 aromatic heterocycles. The van der Waals surface area contributed by atoms with Gasteiger partial charge in [0.1, 0.15) is 23.8 Å². The summed E-state index contributed by atoms with van der Waals surface area (Å²) >= 11 is 0. The van der Waals surface area contributed by atoms with Gasteiger partial charge in [0.15, 0.2) is 0 Å². The number of carbonyl (C=O) groups is 1. The fourth-order valence-corrected chi connectivity index (χ4v) is 2.60. The number of carbonyl (C=O) groups excluding carboxylic acids is 1. The molecule has 0 atom stereocenters. The molecule has 0 aliphatic heterocycles. The molecule has 3 rings (SSSR count). The monoisotopic (exact) mass is 411 g/mol. The van der Waals surface area contributed by atoms with Gasteiger partial charge in [0.05, 0.1) is 20.8 Å². The molecule has 0 saturated heterocycles. The van der Waals surface area contributed by atoms with Crippen molar-refractivity contribution in [2.45, 2.75) is 20.4 Å². The summed E-state index contributed by atoms with van der Waals surface area (Å²) in [5, 5.41) is 15.0. The molecule has 0 radical (unpaired) electrons. The average Bonchev–Trinajstić information content (AvgIpc) is 3.20. The van der Waals surface area contributed by atoms with Crippen LogP contribution in [0.15, 0.2) is 42.5 Å². The minimum atomic E-state index is -0.299. The molecule has 1 N–H and O–H groups in total. The van der Waals surface area contributed by atoms with Crippen molar-refractivity contribution in [2.24, 2.45) is 5.92 Å². The lowest BCUT2D eigenvalue weighted by Crippen LogP contribution is -2.20. The van der Waals surface area contributed by atoms with Crippen LogP contribution in [0.25, 0.3) is 11.4 Å². The molecule has 0 fully saturated rings. The first-order valence-electron chi connectivity index (χ1n) is 9.51. The predicted octanol–water partition coefficient (Wildman–Crippen LogP) is 3.03. The summed E-state index contributed by atoms with van der Waals surface area (Å²) in [6, 6.07) is 12.6. The Hall–Kier alpha value is -3.62. The maximum absolute atomic E-state index is 12.4. The first-order chi connectivity index (χ1) is 14.5. The number of nitrogens with zero attached hydrogens (tertiary/aromatic N) is 4. The van der Waals surface area contributed by atoms with Crippen molar-refractivity contribution in [3.63, 3.8) is 0 Å². The van der Waals surface area contributed by atoms with Gasteiger partial charge in [-0.3, -0.25) is 4.79 Å². The van der Waals surface area contributed by atoms with Crippen LogP contribution in [0.2, 0.25) is 0 Å².